The van der Waals surface area contributed by atoms with E-state index in [-0.39, 0.29) is 18.4 Å². The number of aryl methyl sites for hydroxylation is 1. The first-order valence-corrected chi connectivity index (χ1v) is 7.89. The number of carbonyl (C=O) groups is 1. The molecule has 0 aliphatic rings. The molecule has 0 aliphatic carbocycles. The van der Waals surface area contributed by atoms with E-state index in [1.807, 2.05) is 62.4 Å². The summed E-state index contributed by atoms with van der Waals surface area (Å²) in [5, 5.41) is 2.92. The zero-order valence-corrected chi connectivity index (χ0v) is 13.7. The van der Waals surface area contributed by atoms with Crippen LogP contribution in [0.3, 0.4) is 0 Å². The Morgan fingerprint density at radius 2 is 1.96 bits per heavy atom. The van der Waals surface area contributed by atoms with Crippen molar-refractivity contribution < 1.29 is 9.53 Å². The minimum absolute atomic E-state index is 0.0654. The highest BCUT2D eigenvalue weighted by molar-refractivity contribution is 5.76. The number of hydrogen-bond donors (Lipinski definition) is 2. The van der Waals surface area contributed by atoms with E-state index in [0.717, 1.165) is 22.4 Å². The Bertz CT molecular complexity index is 641. The van der Waals surface area contributed by atoms with Crippen LogP contribution in [0.1, 0.15) is 36.1 Å². The summed E-state index contributed by atoms with van der Waals surface area (Å²) in [4.78, 5) is 12.1. The van der Waals surface area contributed by atoms with Gasteiger partial charge in [0, 0.05) is 24.6 Å². The molecule has 0 bridgehead atoms. The van der Waals surface area contributed by atoms with Crippen LogP contribution >= 0.6 is 0 Å². The average molecular weight is 312 g/mol. The fourth-order valence-electron chi connectivity index (χ4n) is 2.38. The topological polar surface area (TPSA) is 64.3 Å². The molecule has 122 valence electrons. The smallest absolute Gasteiger partial charge is 0.222 e. The molecule has 1 amide bonds. The second-order valence-electron chi connectivity index (χ2n) is 5.54. The maximum Gasteiger partial charge on any atom is 0.222 e. The van der Waals surface area contributed by atoms with E-state index in [4.69, 9.17) is 10.5 Å². The van der Waals surface area contributed by atoms with Crippen LogP contribution < -0.4 is 15.8 Å². The second kappa shape index (κ2) is 8.34. The molecule has 0 saturated carbocycles. The summed E-state index contributed by atoms with van der Waals surface area (Å²) in [6, 6.07) is 15.3. The number of carbonyl (C=O) groups excluding carboxylic acids is 1. The van der Waals surface area contributed by atoms with Gasteiger partial charge < -0.3 is 15.8 Å². The molecule has 0 fully saturated rings. The lowest BCUT2D eigenvalue weighted by atomic mass is 10.0. The van der Waals surface area contributed by atoms with Crippen molar-refractivity contribution in [2.45, 2.75) is 32.9 Å². The van der Waals surface area contributed by atoms with Gasteiger partial charge in [0.1, 0.15) is 5.75 Å². The lowest BCUT2D eigenvalue weighted by Crippen LogP contribution is -2.27. The third kappa shape index (κ3) is 5.11. The first kappa shape index (κ1) is 17.0. The van der Waals surface area contributed by atoms with Crippen LogP contribution in [-0.2, 0) is 11.3 Å². The molecule has 2 rings (SSSR count). The van der Waals surface area contributed by atoms with E-state index in [9.17, 15) is 4.79 Å². The number of nitrogens with one attached hydrogen (secondary N) is 1. The quantitative estimate of drug-likeness (QED) is 0.825. The van der Waals surface area contributed by atoms with Gasteiger partial charge in [-0.2, -0.15) is 0 Å². The van der Waals surface area contributed by atoms with Crippen molar-refractivity contribution in [3.63, 3.8) is 0 Å². The van der Waals surface area contributed by atoms with Gasteiger partial charge in [-0.1, -0.05) is 42.5 Å². The molecule has 3 N–H and O–H groups in total. The molecule has 4 nitrogen and oxygen atoms in total. The molecule has 0 saturated heterocycles. The monoisotopic (exact) mass is 312 g/mol. The summed E-state index contributed by atoms with van der Waals surface area (Å²) < 4.78 is 5.62. The maximum absolute atomic E-state index is 12.1. The highest BCUT2D eigenvalue weighted by Gasteiger charge is 2.12. The minimum Gasteiger partial charge on any atom is -0.494 e. The summed E-state index contributed by atoms with van der Waals surface area (Å²) in [7, 11) is 0. The minimum atomic E-state index is -0.291. The summed E-state index contributed by atoms with van der Waals surface area (Å²) in [5.41, 5.74) is 9.15. The fraction of sp³-hybridized carbons (Fsp3) is 0.316. The van der Waals surface area contributed by atoms with Gasteiger partial charge in [0.25, 0.3) is 0 Å². The van der Waals surface area contributed by atoms with Crippen molar-refractivity contribution in [1.82, 2.24) is 5.32 Å². The lowest BCUT2D eigenvalue weighted by Gasteiger charge is -2.14. The number of hydrogen-bond acceptors (Lipinski definition) is 3. The molecule has 2 aromatic carbocycles. The van der Waals surface area contributed by atoms with Crippen molar-refractivity contribution in [2.75, 3.05) is 6.61 Å². The van der Waals surface area contributed by atoms with Crippen LogP contribution in [0.15, 0.2) is 48.5 Å². The SMILES string of the molecule is CCOc1cc(C)ccc1CNC(=O)CC(N)c1ccccc1. The summed E-state index contributed by atoms with van der Waals surface area (Å²) in [6.45, 7) is 5.01. The van der Waals surface area contributed by atoms with Gasteiger partial charge in [0.05, 0.1) is 6.61 Å². The first-order valence-electron chi connectivity index (χ1n) is 7.89. The average Bonchev–Trinajstić information content (AvgIpc) is 2.55. The fourth-order valence-corrected chi connectivity index (χ4v) is 2.38. The highest BCUT2D eigenvalue weighted by atomic mass is 16.5. The molecule has 1 atom stereocenters. The number of benzene rings is 2. The predicted octanol–water partition coefficient (Wildman–Crippen LogP) is 3.10. The van der Waals surface area contributed by atoms with Gasteiger partial charge >= 0.3 is 0 Å². The van der Waals surface area contributed by atoms with E-state index in [2.05, 4.69) is 5.32 Å². The molecule has 4 heteroatoms. The molecular formula is C19H24N2O2. The van der Waals surface area contributed by atoms with Gasteiger partial charge in [0.2, 0.25) is 5.91 Å². The van der Waals surface area contributed by atoms with Gasteiger partial charge in [0.15, 0.2) is 0 Å². The molecular weight excluding hydrogens is 288 g/mol. The molecule has 23 heavy (non-hydrogen) atoms. The molecule has 0 aliphatic heterocycles. The zero-order chi connectivity index (χ0) is 16.7. The molecule has 0 aromatic heterocycles. The number of amides is 1. The molecule has 0 spiro atoms. The van der Waals surface area contributed by atoms with Gasteiger partial charge in [-0.15, -0.1) is 0 Å². The van der Waals surface area contributed by atoms with Crippen LogP contribution in [0, 0.1) is 6.92 Å². The van der Waals surface area contributed by atoms with E-state index in [1.54, 1.807) is 0 Å². The standard InChI is InChI=1S/C19H24N2O2/c1-3-23-18-11-14(2)9-10-16(18)13-21-19(22)12-17(20)15-7-5-4-6-8-15/h4-11,17H,3,12-13,20H2,1-2H3,(H,21,22). The van der Waals surface area contributed by atoms with Crippen molar-refractivity contribution in [3.05, 3.63) is 65.2 Å². The van der Waals surface area contributed by atoms with Crippen LogP contribution in [0.2, 0.25) is 0 Å². The summed E-state index contributed by atoms with van der Waals surface area (Å²) in [6.07, 6.45) is 0.264. The Labute approximate surface area is 137 Å². The third-order valence-corrected chi connectivity index (χ3v) is 3.63. The van der Waals surface area contributed by atoms with E-state index in [0.29, 0.717) is 13.2 Å². The van der Waals surface area contributed by atoms with Crippen molar-refractivity contribution in [2.24, 2.45) is 5.73 Å². The molecule has 0 heterocycles. The largest absolute Gasteiger partial charge is 0.494 e. The van der Waals surface area contributed by atoms with Crippen molar-refractivity contribution in [3.8, 4) is 5.75 Å². The van der Waals surface area contributed by atoms with Crippen molar-refractivity contribution in [1.29, 1.82) is 0 Å². The van der Waals surface area contributed by atoms with E-state index >= 15 is 0 Å². The van der Waals surface area contributed by atoms with Gasteiger partial charge in [-0.3, -0.25) is 4.79 Å². The maximum atomic E-state index is 12.1. The zero-order valence-electron chi connectivity index (χ0n) is 13.7. The van der Waals surface area contributed by atoms with E-state index < -0.39 is 0 Å². The summed E-state index contributed by atoms with van der Waals surface area (Å²) >= 11 is 0. The number of ether oxygens (including phenoxy) is 1. The molecule has 2 aromatic rings. The Morgan fingerprint density at radius 3 is 2.65 bits per heavy atom. The Morgan fingerprint density at radius 1 is 1.22 bits per heavy atom. The van der Waals surface area contributed by atoms with Crippen LogP contribution in [0.5, 0.6) is 5.75 Å². The number of nitrogens with two attached hydrogens (primary N) is 1. The number of rotatable bonds is 7. The first-order chi connectivity index (χ1) is 11.1. The Hall–Kier alpha value is -2.33. The van der Waals surface area contributed by atoms with Crippen molar-refractivity contribution >= 4 is 5.91 Å². The second-order valence-corrected chi connectivity index (χ2v) is 5.54. The predicted molar refractivity (Wildman–Crippen MR) is 92.2 cm³/mol. The van der Waals surface area contributed by atoms with Crippen LogP contribution in [0.25, 0.3) is 0 Å². The molecule has 1 unspecified atom stereocenters. The third-order valence-electron chi connectivity index (χ3n) is 3.63. The summed E-state index contributed by atoms with van der Waals surface area (Å²) in [5.74, 6) is 0.754. The van der Waals surface area contributed by atoms with Crippen LogP contribution in [0.4, 0.5) is 0 Å². The normalized spacial score (nSPS) is 11.8. The lowest BCUT2D eigenvalue weighted by molar-refractivity contribution is -0.121. The Kier molecular flexibility index (Phi) is 6.18. The van der Waals surface area contributed by atoms with Gasteiger partial charge in [-0.05, 0) is 31.0 Å². The van der Waals surface area contributed by atoms with Gasteiger partial charge in [-0.25, -0.2) is 0 Å². The highest BCUT2D eigenvalue weighted by Crippen LogP contribution is 2.20. The Balaban J connectivity index is 1.92. The molecule has 0 radical (unpaired) electrons. The van der Waals surface area contributed by atoms with E-state index in [1.165, 1.54) is 0 Å². The van der Waals surface area contributed by atoms with Crippen LogP contribution in [-0.4, -0.2) is 12.5 Å².